The third-order valence-electron chi connectivity index (χ3n) is 6.83. The van der Waals surface area contributed by atoms with Crippen LogP contribution < -0.4 is 14.8 Å². The minimum atomic E-state index is -3.83. The van der Waals surface area contributed by atoms with Gasteiger partial charge in [-0.15, -0.1) is 0 Å². The molecule has 36 heavy (non-hydrogen) atoms. The van der Waals surface area contributed by atoms with Crippen LogP contribution in [0, 0.1) is 0 Å². The van der Waals surface area contributed by atoms with Crippen molar-refractivity contribution < 1.29 is 17.9 Å². The zero-order valence-electron chi connectivity index (χ0n) is 20.2. The zero-order chi connectivity index (χ0) is 25.2. The van der Waals surface area contributed by atoms with Gasteiger partial charge in [0.1, 0.15) is 5.75 Å². The molecule has 1 unspecified atom stereocenters. The van der Waals surface area contributed by atoms with E-state index in [1.54, 1.807) is 30.3 Å². The number of ether oxygens (including phenoxy) is 1. The molecule has 9 heteroatoms. The highest BCUT2D eigenvalue weighted by Crippen LogP contribution is 2.41. The number of nitrogens with zero attached hydrogens (tertiary/aromatic N) is 2. The van der Waals surface area contributed by atoms with Gasteiger partial charge in [-0.3, -0.25) is 9.88 Å². The van der Waals surface area contributed by atoms with Crippen LogP contribution in [0.4, 0.5) is 4.79 Å². The largest absolute Gasteiger partial charge is 0.497 e. The van der Waals surface area contributed by atoms with Crippen LogP contribution in [0.1, 0.15) is 41.0 Å². The molecule has 1 saturated carbocycles. The number of carbonyl (C=O) groups excluding carboxylic acids is 1. The molecule has 1 aromatic heterocycles. The first-order valence-corrected chi connectivity index (χ1v) is 13.7. The second-order valence-electron chi connectivity index (χ2n) is 9.39. The normalized spacial score (nSPS) is 19.8. The molecule has 2 amide bonds. The lowest BCUT2D eigenvalue weighted by Crippen LogP contribution is -2.57. The molecular formula is C27H30N4O4S. The topological polar surface area (TPSA) is 101 Å². The molecule has 3 aromatic rings. The number of carbonyl (C=O) groups is 1. The second kappa shape index (κ2) is 9.91. The van der Waals surface area contributed by atoms with E-state index in [1.807, 2.05) is 36.4 Å². The van der Waals surface area contributed by atoms with E-state index in [9.17, 15) is 13.2 Å². The van der Waals surface area contributed by atoms with E-state index in [0.29, 0.717) is 24.4 Å². The van der Waals surface area contributed by atoms with E-state index in [1.165, 1.54) is 24.6 Å². The van der Waals surface area contributed by atoms with E-state index in [2.05, 4.69) is 27.2 Å². The molecule has 5 rings (SSSR count). The van der Waals surface area contributed by atoms with Gasteiger partial charge in [0, 0.05) is 18.9 Å². The van der Waals surface area contributed by atoms with E-state index in [0.717, 1.165) is 16.9 Å². The molecule has 0 spiro atoms. The Balaban J connectivity index is 1.46. The number of amides is 2. The fourth-order valence-corrected chi connectivity index (χ4v) is 6.24. The van der Waals surface area contributed by atoms with Crippen molar-refractivity contribution in [2.24, 2.45) is 0 Å². The standard InChI is InChI=1S/C27H30N4O4S/c1-35-25-12-4-20(5-13-25)14-16-31-26(32)29-19-27(31,24-10-8-23(9-11-24)22-6-7-22)30-36(33,34)18-21-3-2-15-28-17-21/h2-5,8-13,15,17,22,30H,6-7,14,16,18-19H2,1H3,(H,29,32). The molecule has 2 fully saturated rings. The maximum atomic E-state index is 13.4. The monoisotopic (exact) mass is 506 g/mol. The first-order valence-electron chi connectivity index (χ1n) is 12.1. The number of rotatable bonds is 10. The summed E-state index contributed by atoms with van der Waals surface area (Å²) in [5, 5.41) is 2.88. The molecule has 2 aromatic carbocycles. The van der Waals surface area contributed by atoms with Crippen LogP contribution >= 0.6 is 0 Å². The Morgan fingerprint density at radius 2 is 1.83 bits per heavy atom. The summed E-state index contributed by atoms with van der Waals surface area (Å²) >= 11 is 0. The SMILES string of the molecule is COc1ccc(CCN2C(=O)NCC2(NS(=O)(=O)Cc2cccnc2)c2ccc(C3CC3)cc2)cc1. The number of aromatic nitrogens is 1. The summed E-state index contributed by atoms with van der Waals surface area (Å²) < 4.78 is 34.9. The molecule has 0 radical (unpaired) electrons. The van der Waals surface area contributed by atoms with Crippen molar-refractivity contribution in [2.45, 2.75) is 36.6 Å². The minimum Gasteiger partial charge on any atom is -0.497 e. The van der Waals surface area contributed by atoms with Crippen LogP contribution in [0.15, 0.2) is 73.1 Å². The molecule has 188 valence electrons. The number of nitrogens with one attached hydrogen (secondary N) is 2. The maximum Gasteiger partial charge on any atom is 0.319 e. The van der Waals surface area contributed by atoms with Crippen LogP contribution in [0.25, 0.3) is 0 Å². The number of sulfonamides is 1. The lowest BCUT2D eigenvalue weighted by Gasteiger charge is -2.38. The van der Waals surface area contributed by atoms with Gasteiger partial charge in [0.2, 0.25) is 10.0 Å². The van der Waals surface area contributed by atoms with Crippen LogP contribution in [-0.2, 0) is 27.9 Å². The summed E-state index contributed by atoms with van der Waals surface area (Å²) in [6.45, 7) is 0.460. The molecule has 0 bridgehead atoms. The lowest BCUT2D eigenvalue weighted by atomic mass is 9.97. The number of benzene rings is 2. The summed E-state index contributed by atoms with van der Waals surface area (Å²) in [4.78, 5) is 18.7. The fraction of sp³-hybridized carbons (Fsp3) is 0.333. The Morgan fingerprint density at radius 1 is 1.08 bits per heavy atom. The van der Waals surface area contributed by atoms with Gasteiger partial charge in [0.25, 0.3) is 0 Å². The van der Waals surface area contributed by atoms with Crippen LogP contribution in [0.5, 0.6) is 5.75 Å². The highest BCUT2D eigenvalue weighted by Gasteiger charge is 2.49. The molecular weight excluding hydrogens is 476 g/mol. The number of hydrogen-bond donors (Lipinski definition) is 2. The lowest BCUT2D eigenvalue weighted by molar-refractivity contribution is 0.147. The molecule has 1 atom stereocenters. The Hall–Kier alpha value is -3.43. The third-order valence-corrected chi connectivity index (χ3v) is 8.19. The molecule has 1 aliphatic heterocycles. The fourth-order valence-electron chi connectivity index (χ4n) is 4.75. The maximum absolute atomic E-state index is 13.4. The molecule has 2 heterocycles. The predicted octanol–water partition coefficient (Wildman–Crippen LogP) is 3.51. The first-order chi connectivity index (χ1) is 17.4. The number of pyridine rings is 1. The van der Waals surface area contributed by atoms with Crippen molar-refractivity contribution in [1.29, 1.82) is 0 Å². The van der Waals surface area contributed by atoms with Gasteiger partial charge in [-0.1, -0.05) is 42.5 Å². The van der Waals surface area contributed by atoms with Gasteiger partial charge in [0.05, 0.1) is 19.4 Å². The average Bonchev–Trinajstić information content (AvgIpc) is 3.69. The van der Waals surface area contributed by atoms with Gasteiger partial charge >= 0.3 is 6.03 Å². The molecule has 2 aliphatic rings. The van der Waals surface area contributed by atoms with Gasteiger partial charge in [0.15, 0.2) is 5.66 Å². The van der Waals surface area contributed by atoms with Crippen molar-refractivity contribution in [3.8, 4) is 5.75 Å². The smallest absolute Gasteiger partial charge is 0.319 e. The van der Waals surface area contributed by atoms with Crippen LogP contribution in [0.3, 0.4) is 0 Å². The summed E-state index contributed by atoms with van der Waals surface area (Å²) in [6, 6.07) is 18.8. The summed E-state index contributed by atoms with van der Waals surface area (Å²) in [5.41, 5.74) is 2.33. The number of methoxy groups -OCH3 is 1. The van der Waals surface area contributed by atoms with E-state index < -0.39 is 15.7 Å². The van der Waals surface area contributed by atoms with Gasteiger partial charge in [-0.2, -0.15) is 4.72 Å². The summed E-state index contributed by atoms with van der Waals surface area (Å²) in [6.07, 6.45) is 6.05. The molecule has 8 nitrogen and oxygen atoms in total. The van der Waals surface area contributed by atoms with Gasteiger partial charge in [-0.25, -0.2) is 13.2 Å². The molecule has 1 aliphatic carbocycles. The van der Waals surface area contributed by atoms with Gasteiger partial charge < -0.3 is 10.1 Å². The van der Waals surface area contributed by atoms with E-state index in [-0.39, 0.29) is 18.3 Å². The Kier molecular flexibility index (Phi) is 6.68. The predicted molar refractivity (Wildman–Crippen MR) is 137 cm³/mol. The van der Waals surface area contributed by atoms with Crippen molar-refractivity contribution in [3.05, 3.63) is 95.3 Å². The van der Waals surface area contributed by atoms with Crippen molar-refractivity contribution in [2.75, 3.05) is 20.2 Å². The quantitative estimate of drug-likeness (QED) is 0.438. The number of hydrogen-bond acceptors (Lipinski definition) is 5. The Bertz CT molecular complexity index is 1310. The van der Waals surface area contributed by atoms with Crippen molar-refractivity contribution in [1.82, 2.24) is 19.9 Å². The highest BCUT2D eigenvalue weighted by atomic mass is 32.2. The zero-order valence-corrected chi connectivity index (χ0v) is 21.0. The second-order valence-corrected chi connectivity index (χ2v) is 11.1. The first kappa shape index (κ1) is 24.3. The van der Waals surface area contributed by atoms with Crippen LogP contribution in [-0.4, -0.2) is 44.5 Å². The molecule has 1 saturated heterocycles. The van der Waals surface area contributed by atoms with E-state index in [4.69, 9.17) is 4.74 Å². The van der Waals surface area contributed by atoms with E-state index >= 15 is 0 Å². The minimum absolute atomic E-state index is 0.128. The Labute approximate surface area is 211 Å². The summed E-state index contributed by atoms with van der Waals surface area (Å²) in [5.74, 6) is 1.10. The van der Waals surface area contributed by atoms with Crippen molar-refractivity contribution in [3.63, 3.8) is 0 Å². The van der Waals surface area contributed by atoms with Gasteiger partial charge in [-0.05, 0) is 65.6 Å². The highest BCUT2D eigenvalue weighted by molar-refractivity contribution is 7.88. The van der Waals surface area contributed by atoms with Crippen molar-refractivity contribution >= 4 is 16.1 Å². The number of urea groups is 1. The Morgan fingerprint density at radius 3 is 2.47 bits per heavy atom. The third kappa shape index (κ3) is 5.22. The average molecular weight is 507 g/mol. The van der Waals surface area contributed by atoms with Crippen LogP contribution in [0.2, 0.25) is 0 Å². The summed E-state index contributed by atoms with van der Waals surface area (Å²) in [7, 11) is -2.21. The molecule has 2 N–H and O–H groups in total.